The third-order valence-corrected chi connectivity index (χ3v) is 5.28. The van der Waals surface area contributed by atoms with Gasteiger partial charge in [-0.2, -0.15) is 5.10 Å². The summed E-state index contributed by atoms with van der Waals surface area (Å²) in [5.74, 6) is 2.08. The molecule has 0 radical (unpaired) electrons. The number of likely N-dealkylation sites (N-methyl/N-ethyl adjacent to an activating group) is 1. The number of amides is 1. The molecule has 148 valence electrons. The van der Waals surface area contributed by atoms with Gasteiger partial charge in [-0.3, -0.25) is 4.79 Å². The quantitative estimate of drug-likeness (QED) is 0.811. The standard InChI is InChI=1S/C21H26N4O3/c1-21(2,3)18-9-10-19(23-22-18)25-11-14(12-25)24(4)20(26)17-13-27-15-7-5-6-8-16(15)28-17/h5-10,14,17H,11-13H2,1-4H3. The summed E-state index contributed by atoms with van der Waals surface area (Å²) in [4.78, 5) is 16.7. The molecule has 2 aromatic rings. The number of aromatic nitrogens is 2. The van der Waals surface area contributed by atoms with Crippen molar-refractivity contribution in [1.29, 1.82) is 0 Å². The first kappa shape index (κ1) is 18.5. The van der Waals surface area contributed by atoms with Crippen LogP contribution >= 0.6 is 0 Å². The lowest BCUT2D eigenvalue weighted by molar-refractivity contribution is -0.142. The fraction of sp³-hybridized carbons (Fsp3) is 0.476. The first-order valence-corrected chi connectivity index (χ1v) is 9.57. The molecule has 0 spiro atoms. The van der Waals surface area contributed by atoms with E-state index in [0.717, 1.165) is 24.6 Å². The van der Waals surface area contributed by atoms with Gasteiger partial charge in [0.05, 0.1) is 11.7 Å². The topological polar surface area (TPSA) is 67.8 Å². The van der Waals surface area contributed by atoms with Crippen LogP contribution in [-0.2, 0) is 10.2 Å². The minimum absolute atomic E-state index is 0.0175. The number of hydrogen-bond donors (Lipinski definition) is 0. The van der Waals surface area contributed by atoms with Gasteiger partial charge >= 0.3 is 0 Å². The van der Waals surface area contributed by atoms with Crippen molar-refractivity contribution in [3.05, 3.63) is 42.1 Å². The van der Waals surface area contributed by atoms with Crippen LogP contribution < -0.4 is 14.4 Å². The number of nitrogens with zero attached hydrogens (tertiary/aromatic N) is 4. The van der Waals surface area contributed by atoms with Gasteiger partial charge in [0, 0.05) is 25.6 Å². The van der Waals surface area contributed by atoms with E-state index in [1.165, 1.54) is 0 Å². The van der Waals surface area contributed by atoms with Gasteiger partial charge < -0.3 is 19.3 Å². The van der Waals surface area contributed by atoms with Gasteiger partial charge in [-0.05, 0) is 24.3 Å². The largest absolute Gasteiger partial charge is 0.485 e. The highest BCUT2D eigenvalue weighted by molar-refractivity contribution is 5.82. The number of ether oxygens (including phenoxy) is 2. The summed E-state index contributed by atoms with van der Waals surface area (Å²) in [6, 6.07) is 11.6. The first-order chi connectivity index (χ1) is 13.3. The van der Waals surface area contributed by atoms with Gasteiger partial charge in [0.15, 0.2) is 17.3 Å². The summed E-state index contributed by atoms with van der Waals surface area (Å²) in [5, 5.41) is 8.69. The van der Waals surface area contributed by atoms with Crippen LogP contribution in [0.4, 0.5) is 5.82 Å². The fourth-order valence-electron chi connectivity index (χ4n) is 3.33. The number of para-hydroxylation sites is 2. The van der Waals surface area contributed by atoms with E-state index in [1.54, 1.807) is 4.90 Å². The lowest BCUT2D eigenvalue weighted by Crippen LogP contribution is -2.62. The molecule has 1 saturated heterocycles. The molecule has 0 bridgehead atoms. The Morgan fingerprint density at radius 3 is 2.46 bits per heavy atom. The zero-order chi connectivity index (χ0) is 19.9. The van der Waals surface area contributed by atoms with E-state index in [4.69, 9.17) is 9.47 Å². The van der Waals surface area contributed by atoms with Gasteiger partial charge in [-0.1, -0.05) is 32.9 Å². The van der Waals surface area contributed by atoms with E-state index >= 15 is 0 Å². The average Bonchev–Trinajstić information content (AvgIpc) is 2.65. The van der Waals surface area contributed by atoms with Crippen LogP contribution in [0.25, 0.3) is 0 Å². The lowest BCUT2D eigenvalue weighted by Gasteiger charge is -2.45. The average molecular weight is 382 g/mol. The Morgan fingerprint density at radius 2 is 1.82 bits per heavy atom. The molecule has 0 saturated carbocycles. The van der Waals surface area contributed by atoms with Gasteiger partial charge in [-0.15, -0.1) is 5.10 Å². The zero-order valence-electron chi connectivity index (χ0n) is 16.8. The molecule has 0 N–H and O–H groups in total. The summed E-state index contributed by atoms with van der Waals surface area (Å²) in [6.45, 7) is 8.05. The first-order valence-electron chi connectivity index (χ1n) is 9.57. The van der Waals surface area contributed by atoms with Gasteiger partial charge in [0.25, 0.3) is 5.91 Å². The SMILES string of the molecule is CN(C(=O)C1COc2ccccc2O1)C1CN(c2ccc(C(C)(C)C)nn2)C1. The summed E-state index contributed by atoms with van der Waals surface area (Å²) >= 11 is 0. The Labute approximate surface area is 165 Å². The molecule has 0 aliphatic carbocycles. The van der Waals surface area contributed by atoms with Crippen LogP contribution in [0.3, 0.4) is 0 Å². The molecule has 3 heterocycles. The maximum absolute atomic E-state index is 12.8. The minimum atomic E-state index is -0.611. The predicted octanol–water partition coefficient (Wildman–Crippen LogP) is 2.26. The number of fused-ring (bicyclic) bond motifs is 1. The van der Waals surface area contributed by atoms with E-state index in [2.05, 4.69) is 35.9 Å². The zero-order valence-corrected chi connectivity index (χ0v) is 16.8. The maximum atomic E-state index is 12.8. The van der Waals surface area contributed by atoms with Gasteiger partial charge in [-0.25, -0.2) is 0 Å². The summed E-state index contributed by atoms with van der Waals surface area (Å²) < 4.78 is 11.5. The van der Waals surface area contributed by atoms with Crippen molar-refractivity contribution in [3.8, 4) is 11.5 Å². The summed E-state index contributed by atoms with van der Waals surface area (Å²) in [7, 11) is 1.82. The molecular weight excluding hydrogens is 356 g/mol. The smallest absolute Gasteiger partial charge is 0.267 e. The number of carbonyl (C=O) groups excluding carboxylic acids is 1. The van der Waals surface area contributed by atoms with E-state index in [-0.39, 0.29) is 24.0 Å². The van der Waals surface area contributed by atoms with Crippen LogP contribution in [0.5, 0.6) is 11.5 Å². The summed E-state index contributed by atoms with van der Waals surface area (Å²) in [6.07, 6.45) is -0.611. The van der Waals surface area contributed by atoms with Crippen LogP contribution in [0, 0.1) is 0 Å². The van der Waals surface area contributed by atoms with E-state index in [0.29, 0.717) is 11.5 Å². The van der Waals surface area contributed by atoms with Crippen molar-refractivity contribution < 1.29 is 14.3 Å². The van der Waals surface area contributed by atoms with E-state index in [1.807, 2.05) is 43.4 Å². The van der Waals surface area contributed by atoms with Crippen molar-refractivity contribution >= 4 is 11.7 Å². The molecule has 2 aliphatic rings. The molecule has 1 fully saturated rings. The molecule has 1 unspecified atom stereocenters. The second-order valence-corrected chi connectivity index (χ2v) is 8.40. The Balaban J connectivity index is 1.34. The van der Waals surface area contributed by atoms with E-state index < -0.39 is 6.10 Å². The van der Waals surface area contributed by atoms with Gasteiger partial charge in [0.1, 0.15) is 6.61 Å². The Hall–Kier alpha value is -2.83. The molecule has 7 heteroatoms. The van der Waals surface area contributed by atoms with Crippen molar-refractivity contribution in [2.75, 3.05) is 31.6 Å². The van der Waals surface area contributed by atoms with Crippen LogP contribution in [-0.4, -0.2) is 59.9 Å². The molecular formula is C21H26N4O3. The lowest BCUT2D eigenvalue weighted by atomic mass is 9.92. The van der Waals surface area contributed by atoms with Crippen LogP contribution in [0.2, 0.25) is 0 Å². The van der Waals surface area contributed by atoms with Crippen molar-refractivity contribution in [1.82, 2.24) is 15.1 Å². The second kappa shape index (κ2) is 6.96. The molecule has 28 heavy (non-hydrogen) atoms. The summed E-state index contributed by atoms with van der Waals surface area (Å²) in [5.41, 5.74) is 0.950. The Bertz CT molecular complexity index is 857. The molecule has 4 rings (SSSR count). The predicted molar refractivity (Wildman–Crippen MR) is 106 cm³/mol. The maximum Gasteiger partial charge on any atom is 0.267 e. The number of benzene rings is 1. The number of anilines is 1. The van der Waals surface area contributed by atoms with Crippen molar-refractivity contribution in [2.45, 2.75) is 38.3 Å². The Kier molecular flexibility index (Phi) is 4.61. The third-order valence-electron chi connectivity index (χ3n) is 5.28. The number of rotatable bonds is 3. The highest BCUT2D eigenvalue weighted by Crippen LogP contribution is 2.32. The molecule has 1 atom stereocenters. The monoisotopic (exact) mass is 382 g/mol. The van der Waals surface area contributed by atoms with Crippen molar-refractivity contribution in [2.24, 2.45) is 0 Å². The highest BCUT2D eigenvalue weighted by Gasteiger charge is 2.38. The normalized spacial score (nSPS) is 19.1. The second-order valence-electron chi connectivity index (χ2n) is 8.40. The minimum Gasteiger partial charge on any atom is -0.485 e. The third kappa shape index (κ3) is 3.48. The number of hydrogen-bond acceptors (Lipinski definition) is 6. The molecule has 1 amide bonds. The number of carbonyl (C=O) groups is 1. The molecule has 7 nitrogen and oxygen atoms in total. The van der Waals surface area contributed by atoms with Crippen LogP contribution in [0.1, 0.15) is 26.5 Å². The highest BCUT2D eigenvalue weighted by atomic mass is 16.6. The van der Waals surface area contributed by atoms with Crippen LogP contribution in [0.15, 0.2) is 36.4 Å². The van der Waals surface area contributed by atoms with Gasteiger partial charge in [0.2, 0.25) is 6.10 Å². The van der Waals surface area contributed by atoms with Crippen molar-refractivity contribution in [3.63, 3.8) is 0 Å². The molecule has 1 aromatic heterocycles. The fourth-order valence-corrected chi connectivity index (χ4v) is 3.33. The molecule has 2 aliphatic heterocycles. The Morgan fingerprint density at radius 1 is 1.11 bits per heavy atom. The molecule has 1 aromatic carbocycles. The van der Waals surface area contributed by atoms with E-state index in [9.17, 15) is 4.79 Å².